The summed E-state index contributed by atoms with van der Waals surface area (Å²) in [6.07, 6.45) is 1.06. The van der Waals surface area contributed by atoms with Crippen molar-refractivity contribution in [2.24, 2.45) is 5.73 Å². The Bertz CT molecular complexity index is 542. The molecule has 3 N–H and O–H groups in total. The Labute approximate surface area is 135 Å². The van der Waals surface area contributed by atoms with E-state index in [0.29, 0.717) is 30.6 Å². The number of carbonyl (C=O) groups excluding carboxylic acids is 2. The molecule has 0 bridgehead atoms. The normalized spacial score (nSPS) is 14.7. The number of anilines is 1. The second kappa shape index (κ2) is 8.19. The molecule has 0 spiro atoms. The molecule has 5 nitrogen and oxygen atoms in total. The van der Waals surface area contributed by atoms with E-state index in [1.807, 2.05) is 41.8 Å². The van der Waals surface area contributed by atoms with Crippen molar-refractivity contribution in [2.75, 3.05) is 36.5 Å². The fraction of sp³-hybridized carbons (Fsp3) is 0.500. The summed E-state index contributed by atoms with van der Waals surface area (Å²) in [6, 6.07) is 5.48. The van der Waals surface area contributed by atoms with E-state index < -0.39 is 0 Å². The van der Waals surface area contributed by atoms with Gasteiger partial charge in [0.1, 0.15) is 0 Å². The molecular weight excluding hydrogens is 298 g/mol. The van der Waals surface area contributed by atoms with Gasteiger partial charge in [-0.05, 0) is 37.6 Å². The third-order valence-corrected chi connectivity index (χ3v) is 4.69. The highest BCUT2D eigenvalue weighted by Gasteiger charge is 2.21. The molecule has 1 fully saturated rings. The van der Waals surface area contributed by atoms with Crippen molar-refractivity contribution in [1.82, 2.24) is 4.90 Å². The average molecular weight is 321 g/mol. The summed E-state index contributed by atoms with van der Waals surface area (Å²) >= 11 is 1.87. The molecule has 2 rings (SSSR count). The molecule has 0 aromatic heterocycles. The third-order valence-electron chi connectivity index (χ3n) is 3.74. The average Bonchev–Trinajstić information content (AvgIpc) is 2.55. The molecule has 6 heteroatoms. The van der Waals surface area contributed by atoms with Crippen LogP contribution in [0.1, 0.15) is 28.8 Å². The molecule has 1 aromatic carbocycles. The lowest BCUT2D eigenvalue weighted by Gasteiger charge is -2.27. The summed E-state index contributed by atoms with van der Waals surface area (Å²) in [5.41, 5.74) is 7.62. The largest absolute Gasteiger partial charge is 0.337 e. The number of nitrogens with zero attached hydrogens (tertiary/aromatic N) is 1. The summed E-state index contributed by atoms with van der Waals surface area (Å²) < 4.78 is 0. The first kappa shape index (κ1) is 16.8. The second-order valence-electron chi connectivity index (χ2n) is 5.32. The minimum atomic E-state index is -0.0625. The number of rotatable bonds is 5. The van der Waals surface area contributed by atoms with Crippen LogP contribution in [0, 0.1) is 6.92 Å². The molecule has 1 aromatic rings. The van der Waals surface area contributed by atoms with Crippen molar-refractivity contribution in [3.05, 3.63) is 29.3 Å². The number of carbonyl (C=O) groups is 2. The topological polar surface area (TPSA) is 75.4 Å². The summed E-state index contributed by atoms with van der Waals surface area (Å²) in [5, 5.41) is 2.87. The van der Waals surface area contributed by atoms with Crippen LogP contribution in [0.5, 0.6) is 0 Å². The number of benzene rings is 1. The van der Waals surface area contributed by atoms with Gasteiger partial charge in [0, 0.05) is 42.3 Å². The van der Waals surface area contributed by atoms with Gasteiger partial charge in [-0.1, -0.05) is 6.07 Å². The van der Waals surface area contributed by atoms with Crippen LogP contribution >= 0.6 is 11.8 Å². The standard InChI is InChI=1S/C16H23N3O2S/c1-12-13(16(21)19-8-10-22-11-9-19)4-2-5-14(12)18-15(20)6-3-7-17/h2,4-5H,3,6-11,17H2,1H3,(H,18,20). The van der Waals surface area contributed by atoms with Crippen LogP contribution in [-0.2, 0) is 4.79 Å². The smallest absolute Gasteiger partial charge is 0.254 e. The number of amides is 2. The van der Waals surface area contributed by atoms with Crippen molar-refractivity contribution >= 4 is 29.3 Å². The summed E-state index contributed by atoms with van der Waals surface area (Å²) in [4.78, 5) is 26.3. The lowest BCUT2D eigenvalue weighted by atomic mass is 10.0. The molecule has 1 aliphatic rings. The van der Waals surface area contributed by atoms with E-state index in [2.05, 4.69) is 5.32 Å². The Morgan fingerprint density at radius 1 is 1.32 bits per heavy atom. The van der Waals surface area contributed by atoms with E-state index in [9.17, 15) is 9.59 Å². The van der Waals surface area contributed by atoms with Gasteiger partial charge in [-0.25, -0.2) is 0 Å². The zero-order chi connectivity index (χ0) is 15.9. The molecule has 0 aliphatic carbocycles. The van der Waals surface area contributed by atoms with Crippen LogP contribution in [0.2, 0.25) is 0 Å². The predicted molar refractivity (Wildman–Crippen MR) is 91.3 cm³/mol. The summed E-state index contributed by atoms with van der Waals surface area (Å²) in [6.45, 7) is 3.95. The fourth-order valence-corrected chi connectivity index (χ4v) is 3.32. The van der Waals surface area contributed by atoms with Crippen molar-refractivity contribution in [3.8, 4) is 0 Å². The molecule has 0 saturated carbocycles. The lowest BCUT2D eigenvalue weighted by Crippen LogP contribution is -2.38. The molecular formula is C16H23N3O2S. The van der Waals surface area contributed by atoms with Crippen LogP contribution < -0.4 is 11.1 Å². The predicted octanol–water partition coefficient (Wildman–Crippen LogP) is 1.86. The Morgan fingerprint density at radius 3 is 2.73 bits per heavy atom. The quantitative estimate of drug-likeness (QED) is 0.868. The maximum atomic E-state index is 12.6. The molecule has 2 amide bonds. The molecule has 120 valence electrons. The molecule has 1 aliphatic heterocycles. The highest BCUT2D eigenvalue weighted by atomic mass is 32.2. The molecule has 1 heterocycles. The van der Waals surface area contributed by atoms with E-state index >= 15 is 0 Å². The minimum Gasteiger partial charge on any atom is -0.337 e. The second-order valence-corrected chi connectivity index (χ2v) is 6.55. The van der Waals surface area contributed by atoms with Crippen LogP contribution in [0.25, 0.3) is 0 Å². The summed E-state index contributed by atoms with van der Waals surface area (Å²) in [7, 11) is 0. The summed E-state index contributed by atoms with van der Waals surface area (Å²) in [5.74, 6) is 1.96. The van der Waals surface area contributed by atoms with E-state index in [4.69, 9.17) is 5.73 Å². The van der Waals surface area contributed by atoms with Gasteiger partial charge in [-0.2, -0.15) is 11.8 Å². The molecule has 22 heavy (non-hydrogen) atoms. The minimum absolute atomic E-state index is 0.0517. The monoisotopic (exact) mass is 321 g/mol. The van der Waals surface area contributed by atoms with E-state index in [0.717, 1.165) is 30.2 Å². The number of thioether (sulfide) groups is 1. The van der Waals surface area contributed by atoms with Gasteiger partial charge >= 0.3 is 0 Å². The zero-order valence-corrected chi connectivity index (χ0v) is 13.7. The first-order chi connectivity index (χ1) is 10.6. The Kier molecular flexibility index (Phi) is 6.27. The number of hydrogen-bond donors (Lipinski definition) is 2. The van der Waals surface area contributed by atoms with Gasteiger partial charge in [0.2, 0.25) is 5.91 Å². The van der Waals surface area contributed by atoms with Crippen molar-refractivity contribution in [1.29, 1.82) is 0 Å². The molecule has 1 saturated heterocycles. The molecule has 0 radical (unpaired) electrons. The van der Waals surface area contributed by atoms with Gasteiger partial charge in [0.15, 0.2) is 0 Å². The van der Waals surface area contributed by atoms with E-state index in [-0.39, 0.29) is 11.8 Å². The van der Waals surface area contributed by atoms with Crippen LogP contribution in [-0.4, -0.2) is 47.9 Å². The molecule has 0 atom stereocenters. The Hall–Kier alpha value is -1.53. The Morgan fingerprint density at radius 2 is 2.05 bits per heavy atom. The lowest BCUT2D eigenvalue weighted by molar-refractivity contribution is -0.116. The maximum absolute atomic E-state index is 12.6. The Balaban J connectivity index is 2.11. The van der Waals surface area contributed by atoms with Crippen molar-refractivity contribution in [2.45, 2.75) is 19.8 Å². The first-order valence-electron chi connectivity index (χ1n) is 7.60. The highest BCUT2D eigenvalue weighted by Crippen LogP contribution is 2.22. The van der Waals surface area contributed by atoms with Crippen molar-refractivity contribution in [3.63, 3.8) is 0 Å². The van der Waals surface area contributed by atoms with Gasteiger partial charge in [-0.15, -0.1) is 0 Å². The van der Waals surface area contributed by atoms with Gasteiger partial charge in [-0.3, -0.25) is 9.59 Å². The highest BCUT2D eigenvalue weighted by molar-refractivity contribution is 7.99. The SMILES string of the molecule is Cc1c(NC(=O)CCCN)cccc1C(=O)N1CCSCC1. The van der Waals surface area contributed by atoms with Crippen LogP contribution in [0.3, 0.4) is 0 Å². The van der Waals surface area contributed by atoms with Crippen LogP contribution in [0.4, 0.5) is 5.69 Å². The molecule has 0 unspecified atom stereocenters. The third kappa shape index (κ3) is 4.24. The van der Waals surface area contributed by atoms with Gasteiger partial charge in [0.05, 0.1) is 0 Å². The van der Waals surface area contributed by atoms with Crippen LogP contribution in [0.15, 0.2) is 18.2 Å². The van der Waals surface area contributed by atoms with Gasteiger partial charge < -0.3 is 16.0 Å². The van der Waals surface area contributed by atoms with E-state index in [1.165, 1.54) is 0 Å². The number of nitrogens with one attached hydrogen (secondary N) is 1. The number of hydrogen-bond acceptors (Lipinski definition) is 4. The fourth-order valence-electron chi connectivity index (χ4n) is 2.41. The number of nitrogens with two attached hydrogens (primary N) is 1. The first-order valence-corrected chi connectivity index (χ1v) is 8.75. The zero-order valence-electron chi connectivity index (χ0n) is 12.9. The maximum Gasteiger partial charge on any atom is 0.254 e. The van der Waals surface area contributed by atoms with Crippen molar-refractivity contribution < 1.29 is 9.59 Å². The van der Waals surface area contributed by atoms with E-state index in [1.54, 1.807) is 0 Å². The van der Waals surface area contributed by atoms with Gasteiger partial charge in [0.25, 0.3) is 5.91 Å².